The molecule has 19 heavy (non-hydrogen) atoms. The standard InChI is InChI=1S/C14H21N3O2/c15-13-4-2-10-16(11-13)9-1-3-12-5-7-14(8-6-12)17(18)19/h5-8,13H,1-4,9-11,15H2/t13-/m0/s1. The monoisotopic (exact) mass is 263 g/mol. The minimum atomic E-state index is -0.362. The molecule has 0 bridgehead atoms. The third-order valence-electron chi connectivity index (χ3n) is 3.63. The minimum absolute atomic E-state index is 0.158. The number of non-ortho nitro benzene ring substituents is 1. The van der Waals surface area contributed by atoms with Gasteiger partial charge in [0.05, 0.1) is 4.92 Å². The van der Waals surface area contributed by atoms with Crippen molar-refractivity contribution in [3.63, 3.8) is 0 Å². The summed E-state index contributed by atoms with van der Waals surface area (Å²) in [5, 5.41) is 10.6. The van der Waals surface area contributed by atoms with Crippen molar-refractivity contribution in [2.75, 3.05) is 19.6 Å². The van der Waals surface area contributed by atoms with Gasteiger partial charge in [0, 0.05) is 24.7 Å². The molecule has 1 saturated heterocycles. The van der Waals surface area contributed by atoms with Crippen molar-refractivity contribution in [2.24, 2.45) is 5.73 Å². The molecule has 1 atom stereocenters. The van der Waals surface area contributed by atoms with Gasteiger partial charge < -0.3 is 10.6 Å². The lowest BCUT2D eigenvalue weighted by atomic mass is 10.1. The summed E-state index contributed by atoms with van der Waals surface area (Å²) in [4.78, 5) is 12.6. The zero-order valence-corrected chi connectivity index (χ0v) is 11.1. The summed E-state index contributed by atoms with van der Waals surface area (Å²) in [5.41, 5.74) is 7.26. The van der Waals surface area contributed by atoms with Crippen LogP contribution in [0.1, 0.15) is 24.8 Å². The summed E-state index contributed by atoms with van der Waals surface area (Å²) in [5.74, 6) is 0. The van der Waals surface area contributed by atoms with Crippen LogP contribution in [-0.2, 0) is 6.42 Å². The van der Waals surface area contributed by atoms with E-state index >= 15 is 0 Å². The van der Waals surface area contributed by atoms with E-state index in [-0.39, 0.29) is 10.6 Å². The number of nitrogens with two attached hydrogens (primary N) is 1. The van der Waals surface area contributed by atoms with Gasteiger partial charge in [-0.3, -0.25) is 10.1 Å². The van der Waals surface area contributed by atoms with E-state index in [1.165, 1.54) is 6.42 Å². The SMILES string of the molecule is N[C@H]1CCCN(CCCc2ccc([N+](=O)[O-])cc2)C1. The molecule has 1 heterocycles. The van der Waals surface area contributed by atoms with E-state index in [1.54, 1.807) is 12.1 Å². The maximum absolute atomic E-state index is 10.6. The van der Waals surface area contributed by atoms with Crippen molar-refractivity contribution in [3.05, 3.63) is 39.9 Å². The van der Waals surface area contributed by atoms with E-state index in [0.717, 1.165) is 44.5 Å². The van der Waals surface area contributed by atoms with E-state index < -0.39 is 0 Å². The molecule has 0 aromatic heterocycles. The molecule has 1 fully saturated rings. The molecular weight excluding hydrogens is 242 g/mol. The number of nitro benzene ring substituents is 1. The van der Waals surface area contributed by atoms with Crippen molar-refractivity contribution in [1.82, 2.24) is 4.90 Å². The zero-order valence-electron chi connectivity index (χ0n) is 11.1. The van der Waals surface area contributed by atoms with Crippen LogP contribution in [0.3, 0.4) is 0 Å². The summed E-state index contributed by atoms with van der Waals surface area (Å²) in [6.07, 6.45) is 4.37. The van der Waals surface area contributed by atoms with Crippen molar-refractivity contribution in [3.8, 4) is 0 Å². The normalized spacial score (nSPS) is 20.4. The van der Waals surface area contributed by atoms with Crippen LogP contribution in [0.15, 0.2) is 24.3 Å². The Bertz CT molecular complexity index is 419. The first kappa shape index (κ1) is 14.0. The average molecular weight is 263 g/mol. The maximum atomic E-state index is 10.6. The van der Waals surface area contributed by atoms with Crippen LogP contribution in [0, 0.1) is 10.1 Å². The molecule has 2 N–H and O–H groups in total. The molecule has 1 aliphatic rings. The van der Waals surface area contributed by atoms with Gasteiger partial charge in [0.15, 0.2) is 0 Å². The second-order valence-electron chi connectivity index (χ2n) is 5.23. The molecule has 5 nitrogen and oxygen atoms in total. The molecule has 104 valence electrons. The number of nitrogens with zero attached hydrogens (tertiary/aromatic N) is 2. The summed E-state index contributed by atoms with van der Waals surface area (Å²) in [6.45, 7) is 3.21. The quantitative estimate of drug-likeness (QED) is 0.651. The lowest BCUT2D eigenvalue weighted by Gasteiger charge is -2.30. The fourth-order valence-electron chi connectivity index (χ4n) is 2.59. The maximum Gasteiger partial charge on any atom is 0.269 e. The molecule has 1 aromatic carbocycles. The zero-order chi connectivity index (χ0) is 13.7. The first-order chi connectivity index (χ1) is 9.15. The highest BCUT2D eigenvalue weighted by Gasteiger charge is 2.15. The van der Waals surface area contributed by atoms with Crippen molar-refractivity contribution < 1.29 is 4.92 Å². The molecule has 1 aliphatic heterocycles. The van der Waals surface area contributed by atoms with Gasteiger partial charge in [0.2, 0.25) is 0 Å². The van der Waals surface area contributed by atoms with Gasteiger partial charge >= 0.3 is 0 Å². The van der Waals surface area contributed by atoms with Crippen LogP contribution in [-0.4, -0.2) is 35.5 Å². The lowest BCUT2D eigenvalue weighted by molar-refractivity contribution is -0.384. The molecule has 2 rings (SSSR count). The second-order valence-corrected chi connectivity index (χ2v) is 5.23. The van der Waals surface area contributed by atoms with Crippen LogP contribution in [0.2, 0.25) is 0 Å². The Kier molecular flexibility index (Phi) is 4.87. The van der Waals surface area contributed by atoms with E-state index in [4.69, 9.17) is 5.73 Å². The van der Waals surface area contributed by atoms with Crippen LogP contribution in [0.25, 0.3) is 0 Å². The molecule has 0 saturated carbocycles. The molecule has 5 heteroatoms. The minimum Gasteiger partial charge on any atom is -0.327 e. The summed E-state index contributed by atoms with van der Waals surface area (Å²) >= 11 is 0. The Balaban J connectivity index is 1.74. The Morgan fingerprint density at radius 1 is 1.37 bits per heavy atom. The van der Waals surface area contributed by atoms with Gasteiger partial charge in [0.25, 0.3) is 5.69 Å². The number of piperidine rings is 1. The third-order valence-corrected chi connectivity index (χ3v) is 3.63. The second kappa shape index (κ2) is 6.63. The first-order valence-electron chi connectivity index (χ1n) is 6.86. The predicted octanol–water partition coefficient (Wildman–Crippen LogP) is 1.95. The lowest BCUT2D eigenvalue weighted by Crippen LogP contribution is -2.43. The van der Waals surface area contributed by atoms with Gasteiger partial charge in [-0.1, -0.05) is 12.1 Å². The molecular formula is C14H21N3O2. The number of rotatable bonds is 5. The number of benzene rings is 1. The highest BCUT2D eigenvalue weighted by atomic mass is 16.6. The highest BCUT2D eigenvalue weighted by Crippen LogP contribution is 2.14. The number of hydrogen-bond donors (Lipinski definition) is 1. The molecule has 1 aromatic rings. The van der Waals surface area contributed by atoms with Crippen molar-refractivity contribution in [1.29, 1.82) is 0 Å². The van der Waals surface area contributed by atoms with Crippen LogP contribution < -0.4 is 5.73 Å². The molecule has 0 aliphatic carbocycles. The molecule has 0 amide bonds. The fraction of sp³-hybridized carbons (Fsp3) is 0.571. The number of nitro groups is 1. The summed E-state index contributed by atoms with van der Waals surface area (Å²) in [6, 6.07) is 7.17. The van der Waals surface area contributed by atoms with Crippen LogP contribution >= 0.6 is 0 Å². The average Bonchev–Trinajstić information content (AvgIpc) is 2.39. The van der Waals surface area contributed by atoms with E-state index in [9.17, 15) is 10.1 Å². The largest absolute Gasteiger partial charge is 0.327 e. The Morgan fingerprint density at radius 2 is 2.11 bits per heavy atom. The van der Waals surface area contributed by atoms with Gasteiger partial charge in [-0.15, -0.1) is 0 Å². The highest BCUT2D eigenvalue weighted by molar-refractivity contribution is 5.32. The van der Waals surface area contributed by atoms with Gasteiger partial charge in [0.1, 0.15) is 0 Å². The Morgan fingerprint density at radius 3 is 2.74 bits per heavy atom. The fourth-order valence-corrected chi connectivity index (χ4v) is 2.59. The number of hydrogen-bond acceptors (Lipinski definition) is 4. The van der Waals surface area contributed by atoms with Gasteiger partial charge in [-0.25, -0.2) is 0 Å². The molecule has 0 unspecified atom stereocenters. The van der Waals surface area contributed by atoms with E-state index in [2.05, 4.69) is 4.90 Å². The Labute approximate surface area is 113 Å². The van der Waals surface area contributed by atoms with E-state index in [0.29, 0.717) is 6.04 Å². The third kappa shape index (κ3) is 4.29. The Hall–Kier alpha value is -1.46. The predicted molar refractivity (Wildman–Crippen MR) is 75.1 cm³/mol. The van der Waals surface area contributed by atoms with Crippen LogP contribution in [0.5, 0.6) is 0 Å². The van der Waals surface area contributed by atoms with Crippen molar-refractivity contribution >= 4 is 5.69 Å². The molecule has 0 radical (unpaired) electrons. The number of likely N-dealkylation sites (tertiary alicyclic amines) is 1. The summed E-state index contributed by atoms with van der Waals surface area (Å²) in [7, 11) is 0. The van der Waals surface area contributed by atoms with Crippen molar-refractivity contribution in [2.45, 2.75) is 31.7 Å². The topological polar surface area (TPSA) is 72.4 Å². The van der Waals surface area contributed by atoms with Gasteiger partial charge in [-0.2, -0.15) is 0 Å². The van der Waals surface area contributed by atoms with E-state index in [1.807, 2.05) is 12.1 Å². The van der Waals surface area contributed by atoms with Gasteiger partial charge in [-0.05, 0) is 44.3 Å². The first-order valence-corrected chi connectivity index (χ1v) is 6.86. The molecule has 0 spiro atoms. The smallest absolute Gasteiger partial charge is 0.269 e. The number of aryl methyl sites for hydroxylation is 1. The van der Waals surface area contributed by atoms with Crippen LogP contribution in [0.4, 0.5) is 5.69 Å². The summed E-state index contributed by atoms with van der Waals surface area (Å²) < 4.78 is 0.